The predicted molar refractivity (Wildman–Crippen MR) is 68.9 cm³/mol. The lowest BCUT2D eigenvalue weighted by molar-refractivity contribution is -0.0372. The number of rotatable bonds is 2. The molecule has 0 spiro atoms. The zero-order valence-electron chi connectivity index (χ0n) is 10.9. The summed E-state index contributed by atoms with van der Waals surface area (Å²) in [5.41, 5.74) is 1.41. The number of carbonyl (C=O) groups excluding carboxylic acids is 1. The zero-order valence-corrected chi connectivity index (χ0v) is 11.6. The number of hydrogen-bond donors (Lipinski definition) is 0. The van der Waals surface area contributed by atoms with Crippen LogP contribution in [0.2, 0.25) is 0 Å². The van der Waals surface area contributed by atoms with Gasteiger partial charge in [-0.3, -0.25) is 9.48 Å². The van der Waals surface area contributed by atoms with E-state index in [1.54, 1.807) is 10.9 Å². The number of aromatic nitrogens is 2. The van der Waals surface area contributed by atoms with Gasteiger partial charge in [0.2, 0.25) is 0 Å². The van der Waals surface area contributed by atoms with Crippen molar-refractivity contribution in [3.05, 3.63) is 17.5 Å². The van der Waals surface area contributed by atoms with Crippen molar-refractivity contribution >= 4 is 17.5 Å². The molecule has 0 aliphatic carbocycles. The van der Waals surface area contributed by atoms with Crippen molar-refractivity contribution in [2.75, 3.05) is 19.0 Å². The largest absolute Gasteiger partial charge is 0.373 e. The van der Waals surface area contributed by atoms with E-state index < -0.39 is 0 Å². The molecule has 2 heterocycles. The summed E-state index contributed by atoms with van der Waals surface area (Å²) in [6.45, 7) is 4.89. The Morgan fingerprint density at radius 3 is 2.94 bits per heavy atom. The normalized spacial score (nSPS) is 24.3. The van der Waals surface area contributed by atoms with Crippen molar-refractivity contribution in [2.45, 2.75) is 26.0 Å². The molecule has 0 saturated carbocycles. The molecule has 0 radical (unpaired) electrons. The summed E-state index contributed by atoms with van der Waals surface area (Å²) >= 11 is 5.80. The van der Waals surface area contributed by atoms with E-state index in [9.17, 15) is 4.79 Å². The van der Waals surface area contributed by atoms with E-state index in [2.05, 4.69) is 5.10 Å². The molecule has 1 saturated heterocycles. The maximum atomic E-state index is 12.5. The van der Waals surface area contributed by atoms with E-state index in [4.69, 9.17) is 16.3 Å². The van der Waals surface area contributed by atoms with Gasteiger partial charge in [0.05, 0.1) is 35.9 Å². The maximum Gasteiger partial charge on any atom is 0.257 e. The van der Waals surface area contributed by atoms with Gasteiger partial charge in [-0.1, -0.05) is 0 Å². The van der Waals surface area contributed by atoms with Crippen molar-refractivity contribution in [3.8, 4) is 0 Å². The third-order valence-electron chi connectivity index (χ3n) is 3.18. The average molecular weight is 272 g/mol. The molecule has 1 aliphatic rings. The highest BCUT2D eigenvalue weighted by molar-refractivity contribution is 6.18. The van der Waals surface area contributed by atoms with Crippen molar-refractivity contribution in [2.24, 2.45) is 7.05 Å². The molecule has 0 N–H and O–H groups in total. The molecule has 0 aromatic carbocycles. The van der Waals surface area contributed by atoms with Gasteiger partial charge in [-0.25, -0.2) is 0 Å². The fraction of sp³-hybridized carbons (Fsp3) is 0.667. The number of morpholine rings is 1. The molecule has 1 aromatic rings. The van der Waals surface area contributed by atoms with E-state index in [-0.39, 0.29) is 18.1 Å². The first-order chi connectivity index (χ1) is 8.52. The van der Waals surface area contributed by atoms with Gasteiger partial charge >= 0.3 is 0 Å². The van der Waals surface area contributed by atoms with Gasteiger partial charge in [-0.05, 0) is 13.8 Å². The summed E-state index contributed by atoms with van der Waals surface area (Å²) < 4.78 is 7.20. The van der Waals surface area contributed by atoms with Crippen LogP contribution in [0.3, 0.4) is 0 Å². The van der Waals surface area contributed by atoms with Gasteiger partial charge in [0, 0.05) is 19.8 Å². The summed E-state index contributed by atoms with van der Waals surface area (Å²) in [6, 6.07) is 0.0663. The quantitative estimate of drug-likeness (QED) is 0.760. The smallest absolute Gasteiger partial charge is 0.257 e. The maximum absolute atomic E-state index is 12.5. The second-order valence-corrected chi connectivity index (χ2v) is 5.03. The lowest BCUT2D eigenvalue weighted by Crippen LogP contribution is -2.51. The predicted octanol–water partition coefficient (Wildman–Crippen LogP) is 1.20. The first-order valence-electron chi connectivity index (χ1n) is 6.01. The van der Waals surface area contributed by atoms with Crippen molar-refractivity contribution in [3.63, 3.8) is 0 Å². The molecule has 6 heteroatoms. The van der Waals surface area contributed by atoms with Crippen LogP contribution < -0.4 is 0 Å². The summed E-state index contributed by atoms with van der Waals surface area (Å²) in [5.74, 6) is 0.411. The highest BCUT2D eigenvalue weighted by atomic mass is 35.5. The second-order valence-electron chi connectivity index (χ2n) is 4.72. The molecule has 1 amide bonds. The number of nitrogens with zero attached hydrogens (tertiary/aromatic N) is 3. The van der Waals surface area contributed by atoms with Crippen LogP contribution in [0.15, 0.2) is 6.20 Å². The lowest BCUT2D eigenvalue weighted by atomic mass is 10.1. The molecule has 2 rings (SSSR count). The van der Waals surface area contributed by atoms with Gasteiger partial charge in [-0.2, -0.15) is 5.10 Å². The van der Waals surface area contributed by atoms with Gasteiger partial charge in [0.1, 0.15) is 0 Å². The van der Waals surface area contributed by atoms with Crippen LogP contribution in [-0.2, 0) is 11.8 Å². The van der Waals surface area contributed by atoms with Crippen LogP contribution in [0.4, 0.5) is 0 Å². The average Bonchev–Trinajstić information content (AvgIpc) is 2.68. The standard InChI is InChI=1S/C12H18ClN3O2/c1-8-7-18-10(4-13)5-16(8)12(17)11-6-15(3)14-9(11)2/h6,8,10H,4-5,7H2,1-3H3. The fourth-order valence-electron chi connectivity index (χ4n) is 2.16. The molecule has 2 unspecified atom stereocenters. The molecule has 5 nitrogen and oxygen atoms in total. The van der Waals surface area contributed by atoms with Crippen LogP contribution >= 0.6 is 11.6 Å². The molecular formula is C12H18ClN3O2. The molecule has 1 fully saturated rings. The van der Waals surface area contributed by atoms with Crippen molar-refractivity contribution < 1.29 is 9.53 Å². The van der Waals surface area contributed by atoms with E-state index in [0.29, 0.717) is 24.6 Å². The third kappa shape index (κ3) is 2.52. The number of amides is 1. The van der Waals surface area contributed by atoms with Crippen LogP contribution in [0.25, 0.3) is 0 Å². The Kier molecular flexibility index (Phi) is 3.92. The van der Waals surface area contributed by atoms with Gasteiger partial charge in [0.25, 0.3) is 5.91 Å². The Hall–Kier alpha value is -1.07. The van der Waals surface area contributed by atoms with Crippen LogP contribution in [0.1, 0.15) is 23.0 Å². The van der Waals surface area contributed by atoms with E-state index in [0.717, 1.165) is 5.69 Å². The van der Waals surface area contributed by atoms with E-state index >= 15 is 0 Å². The van der Waals surface area contributed by atoms with Gasteiger partial charge in [-0.15, -0.1) is 11.6 Å². The highest BCUT2D eigenvalue weighted by Crippen LogP contribution is 2.17. The minimum Gasteiger partial charge on any atom is -0.373 e. The summed E-state index contributed by atoms with van der Waals surface area (Å²) in [4.78, 5) is 14.3. The highest BCUT2D eigenvalue weighted by Gasteiger charge is 2.31. The molecule has 2 atom stereocenters. The number of halogens is 1. The van der Waals surface area contributed by atoms with Gasteiger partial charge in [0.15, 0.2) is 0 Å². The first-order valence-corrected chi connectivity index (χ1v) is 6.55. The van der Waals surface area contributed by atoms with Crippen LogP contribution in [0.5, 0.6) is 0 Å². The molecule has 18 heavy (non-hydrogen) atoms. The summed E-state index contributed by atoms with van der Waals surface area (Å²) in [5, 5.41) is 4.20. The summed E-state index contributed by atoms with van der Waals surface area (Å²) in [6.07, 6.45) is 1.68. The Balaban J connectivity index is 2.19. The second kappa shape index (κ2) is 5.28. The van der Waals surface area contributed by atoms with E-state index in [1.807, 2.05) is 25.8 Å². The molecule has 0 bridgehead atoms. The van der Waals surface area contributed by atoms with Crippen LogP contribution in [-0.4, -0.2) is 51.8 Å². The number of ether oxygens (including phenoxy) is 1. The number of hydrogen-bond acceptors (Lipinski definition) is 3. The third-order valence-corrected chi connectivity index (χ3v) is 3.53. The number of alkyl halides is 1. The first kappa shape index (κ1) is 13.4. The zero-order chi connectivity index (χ0) is 13.3. The SMILES string of the molecule is Cc1nn(C)cc1C(=O)N1CC(CCl)OCC1C. The Bertz CT molecular complexity index is 447. The fourth-order valence-corrected chi connectivity index (χ4v) is 2.34. The number of carbonyl (C=O) groups is 1. The summed E-state index contributed by atoms with van der Waals surface area (Å²) in [7, 11) is 1.81. The number of aryl methyl sites for hydroxylation is 2. The monoisotopic (exact) mass is 271 g/mol. The molecule has 100 valence electrons. The van der Waals surface area contributed by atoms with Crippen molar-refractivity contribution in [1.29, 1.82) is 0 Å². The molecule has 1 aromatic heterocycles. The minimum atomic E-state index is -0.0798. The minimum absolute atomic E-state index is 0.00603. The topological polar surface area (TPSA) is 47.4 Å². The Labute approximate surface area is 112 Å². The Morgan fingerprint density at radius 2 is 2.39 bits per heavy atom. The molecule has 1 aliphatic heterocycles. The van der Waals surface area contributed by atoms with Gasteiger partial charge < -0.3 is 9.64 Å². The van der Waals surface area contributed by atoms with E-state index in [1.165, 1.54) is 0 Å². The molecular weight excluding hydrogens is 254 g/mol. The lowest BCUT2D eigenvalue weighted by Gasteiger charge is -2.37. The van der Waals surface area contributed by atoms with Crippen LogP contribution in [0, 0.1) is 6.92 Å². The Morgan fingerprint density at radius 1 is 1.67 bits per heavy atom. The van der Waals surface area contributed by atoms with Crippen molar-refractivity contribution in [1.82, 2.24) is 14.7 Å².